The number of rotatable bonds is 8. The van der Waals surface area contributed by atoms with Gasteiger partial charge in [-0.25, -0.2) is 4.79 Å². The summed E-state index contributed by atoms with van der Waals surface area (Å²) in [6, 6.07) is 29.2. The van der Waals surface area contributed by atoms with Crippen LogP contribution in [0.3, 0.4) is 0 Å². The number of nitrogens with zero attached hydrogens (tertiary/aromatic N) is 2. The number of hydrogen-bond acceptors (Lipinski definition) is 7. The van der Waals surface area contributed by atoms with Crippen LogP contribution in [0.5, 0.6) is 5.75 Å². The van der Waals surface area contributed by atoms with Crippen LogP contribution >= 0.6 is 0 Å². The van der Waals surface area contributed by atoms with Crippen molar-refractivity contribution in [2.24, 2.45) is 0 Å². The normalized spacial score (nSPS) is 19.6. The SMILES string of the molecule is COc1ccc(C(OC[C@H]2O[C@@H](n3ccc(N)nc3=O)C[C@H]2O)(c2ccccc2)c2ccccc2)cc1. The molecule has 0 unspecified atom stereocenters. The highest BCUT2D eigenvalue weighted by atomic mass is 16.6. The molecular formula is C29H29N3O5. The predicted molar refractivity (Wildman–Crippen MR) is 139 cm³/mol. The van der Waals surface area contributed by atoms with Gasteiger partial charge in [0, 0.05) is 12.6 Å². The Kier molecular flexibility index (Phi) is 7.05. The molecule has 5 rings (SSSR count). The third-order valence-electron chi connectivity index (χ3n) is 6.69. The maximum atomic E-state index is 12.3. The molecule has 1 aliphatic rings. The van der Waals surface area contributed by atoms with Crippen LogP contribution < -0.4 is 16.2 Å². The van der Waals surface area contributed by atoms with E-state index in [1.165, 1.54) is 16.8 Å². The van der Waals surface area contributed by atoms with Crippen LogP contribution in [0.1, 0.15) is 29.3 Å². The molecule has 1 fully saturated rings. The number of ether oxygens (including phenoxy) is 3. The van der Waals surface area contributed by atoms with Gasteiger partial charge in [0.25, 0.3) is 0 Å². The zero-order valence-electron chi connectivity index (χ0n) is 20.4. The molecule has 4 aromatic rings. The molecule has 0 radical (unpaired) electrons. The van der Waals surface area contributed by atoms with Crippen molar-refractivity contribution < 1.29 is 19.3 Å². The van der Waals surface area contributed by atoms with E-state index in [0.717, 1.165) is 22.4 Å². The van der Waals surface area contributed by atoms with E-state index in [2.05, 4.69) is 4.98 Å². The van der Waals surface area contributed by atoms with E-state index < -0.39 is 29.7 Å². The van der Waals surface area contributed by atoms with Gasteiger partial charge in [-0.15, -0.1) is 0 Å². The number of nitrogen functional groups attached to an aromatic ring is 1. The number of nitrogens with two attached hydrogens (primary N) is 1. The minimum absolute atomic E-state index is 0.0740. The van der Waals surface area contributed by atoms with Crippen molar-refractivity contribution in [3.05, 3.63) is 124 Å². The second-order valence-electron chi connectivity index (χ2n) is 8.93. The van der Waals surface area contributed by atoms with Crippen LogP contribution in [0.2, 0.25) is 0 Å². The average molecular weight is 500 g/mol. The average Bonchev–Trinajstić information content (AvgIpc) is 3.30. The molecule has 1 aromatic heterocycles. The fraction of sp³-hybridized carbons (Fsp3) is 0.241. The van der Waals surface area contributed by atoms with E-state index in [0.29, 0.717) is 0 Å². The van der Waals surface area contributed by atoms with Gasteiger partial charge < -0.3 is 25.1 Å². The fourth-order valence-electron chi connectivity index (χ4n) is 4.81. The first kappa shape index (κ1) is 24.7. The molecule has 0 amide bonds. The van der Waals surface area contributed by atoms with E-state index in [1.54, 1.807) is 7.11 Å². The van der Waals surface area contributed by atoms with Crippen molar-refractivity contribution in [2.75, 3.05) is 19.5 Å². The van der Waals surface area contributed by atoms with E-state index in [-0.39, 0.29) is 18.8 Å². The Bertz CT molecular complexity index is 1340. The van der Waals surface area contributed by atoms with Crippen molar-refractivity contribution in [3.8, 4) is 5.75 Å². The molecule has 0 bridgehead atoms. The summed E-state index contributed by atoms with van der Waals surface area (Å²) in [5, 5.41) is 10.9. The van der Waals surface area contributed by atoms with E-state index >= 15 is 0 Å². The number of benzene rings is 3. The van der Waals surface area contributed by atoms with Gasteiger partial charge in [-0.3, -0.25) is 4.57 Å². The second kappa shape index (κ2) is 10.6. The summed E-state index contributed by atoms with van der Waals surface area (Å²) in [6.07, 6.45) is -0.422. The molecule has 37 heavy (non-hydrogen) atoms. The molecule has 1 aliphatic heterocycles. The molecule has 0 aliphatic carbocycles. The molecule has 0 saturated carbocycles. The number of hydrogen-bond donors (Lipinski definition) is 2. The lowest BCUT2D eigenvalue weighted by molar-refractivity contribution is -0.0944. The molecular weight excluding hydrogens is 470 g/mol. The number of aliphatic hydroxyl groups is 1. The van der Waals surface area contributed by atoms with Gasteiger partial charge in [-0.2, -0.15) is 4.98 Å². The molecule has 190 valence electrons. The summed E-state index contributed by atoms with van der Waals surface area (Å²) >= 11 is 0. The van der Waals surface area contributed by atoms with Gasteiger partial charge in [0.15, 0.2) is 0 Å². The Balaban J connectivity index is 1.51. The van der Waals surface area contributed by atoms with E-state index in [1.807, 2.05) is 84.9 Å². The third-order valence-corrected chi connectivity index (χ3v) is 6.69. The minimum Gasteiger partial charge on any atom is -0.497 e. The summed E-state index contributed by atoms with van der Waals surface area (Å²) < 4.78 is 19.6. The number of methoxy groups -OCH3 is 1. The van der Waals surface area contributed by atoms with Crippen LogP contribution in [0, 0.1) is 0 Å². The van der Waals surface area contributed by atoms with Crippen molar-refractivity contribution in [1.82, 2.24) is 9.55 Å². The van der Waals surface area contributed by atoms with Crippen LogP contribution in [0.15, 0.2) is 102 Å². The standard InChI is InChI=1S/C29H29N3O5/c1-35-23-14-12-22(13-15-23)29(20-8-4-2-5-9-20,21-10-6-3-7-11-21)36-19-25-24(33)18-27(37-25)32-17-16-26(30)31-28(32)34/h2-17,24-25,27,33H,18-19H2,1H3,(H2,30,31,34)/t24-,25-,27-/m1/s1. The highest BCUT2D eigenvalue weighted by molar-refractivity contribution is 5.48. The van der Waals surface area contributed by atoms with Crippen LogP contribution in [0.4, 0.5) is 5.82 Å². The summed E-state index contributed by atoms with van der Waals surface area (Å²) in [6.45, 7) is 0.0740. The van der Waals surface area contributed by atoms with Gasteiger partial charge in [-0.1, -0.05) is 72.8 Å². The lowest BCUT2D eigenvalue weighted by Crippen LogP contribution is -2.38. The smallest absolute Gasteiger partial charge is 0.351 e. The molecule has 1 saturated heterocycles. The Labute approximate surface area is 214 Å². The van der Waals surface area contributed by atoms with Gasteiger partial charge in [0.2, 0.25) is 0 Å². The van der Waals surface area contributed by atoms with E-state index in [4.69, 9.17) is 19.9 Å². The molecule has 0 spiro atoms. The predicted octanol–water partition coefficient (Wildman–Crippen LogP) is 3.49. The Morgan fingerprint density at radius 2 is 1.57 bits per heavy atom. The van der Waals surface area contributed by atoms with Crippen molar-refractivity contribution >= 4 is 5.82 Å². The third kappa shape index (κ3) is 4.86. The van der Waals surface area contributed by atoms with Crippen LogP contribution in [-0.2, 0) is 15.1 Å². The number of aliphatic hydroxyl groups excluding tert-OH is 1. The van der Waals surface area contributed by atoms with Crippen molar-refractivity contribution in [1.29, 1.82) is 0 Å². The van der Waals surface area contributed by atoms with Crippen LogP contribution in [0.25, 0.3) is 0 Å². The topological polar surface area (TPSA) is 109 Å². The van der Waals surface area contributed by atoms with E-state index in [9.17, 15) is 9.90 Å². The summed E-state index contributed by atoms with van der Waals surface area (Å²) in [5.74, 6) is 0.869. The zero-order valence-corrected chi connectivity index (χ0v) is 20.4. The fourth-order valence-corrected chi connectivity index (χ4v) is 4.81. The van der Waals surface area contributed by atoms with Crippen LogP contribution in [-0.4, -0.2) is 40.6 Å². The minimum atomic E-state index is -0.991. The number of aromatic nitrogens is 2. The van der Waals surface area contributed by atoms with Crippen molar-refractivity contribution in [2.45, 2.75) is 30.5 Å². The summed E-state index contributed by atoms with van der Waals surface area (Å²) in [5.41, 5.74) is 6.85. The molecule has 2 heterocycles. The van der Waals surface area contributed by atoms with Gasteiger partial charge in [0.1, 0.15) is 29.5 Å². The largest absolute Gasteiger partial charge is 0.497 e. The first-order valence-corrected chi connectivity index (χ1v) is 12.1. The summed E-state index contributed by atoms with van der Waals surface area (Å²) in [4.78, 5) is 16.1. The first-order chi connectivity index (χ1) is 18.0. The zero-order chi connectivity index (χ0) is 25.8. The summed E-state index contributed by atoms with van der Waals surface area (Å²) in [7, 11) is 1.63. The highest BCUT2D eigenvalue weighted by Gasteiger charge is 2.42. The Morgan fingerprint density at radius 1 is 0.973 bits per heavy atom. The second-order valence-corrected chi connectivity index (χ2v) is 8.93. The highest BCUT2D eigenvalue weighted by Crippen LogP contribution is 2.42. The number of anilines is 1. The van der Waals surface area contributed by atoms with Crippen molar-refractivity contribution in [3.63, 3.8) is 0 Å². The monoisotopic (exact) mass is 499 g/mol. The molecule has 3 aromatic carbocycles. The Hall–Kier alpha value is -3.98. The van der Waals surface area contributed by atoms with Gasteiger partial charge in [0.05, 0.1) is 19.8 Å². The quantitative estimate of drug-likeness (QED) is 0.357. The van der Waals surface area contributed by atoms with Gasteiger partial charge >= 0.3 is 5.69 Å². The molecule has 3 atom stereocenters. The first-order valence-electron chi connectivity index (χ1n) is 12.1. The maximum Gasteiger partial charge on any atom is 0.351 e. The lowest BCUT2D eigenvalue weighted by atomic mass is 9.80. The molecule has 8 nitrogen and oxygen atoms in total. The maximum absolute atomic E-state index is 12.3. The van der Waals surface area contributed by atoms with Gasteiger partial charge in [-0.05, 0) is 34.9 Å². The molecule has 3 N–H and O–H groups in total. The molecule has 8 heteroatoms. The lowest BCUT2D eigenvalue weighted by Gasteiger charge is -2.37. The Morgan fingerprint density at radius 3 is 2.14 bits per heavy atom.